The molecule has 0 fully saturated rings. The van der Waals surface area contributed by atoms with Gasteiger partial charge in [0.1, 0.15) is 5.69 Å². The van der Waals surface area contributed by atoms with E-state index in [2.05, 4.69) is 20.6 Å². The first-order valence-electron chi connectivity index (χ1n) is 7.67. The maximum atomic E-state index is 12.4. The fourth-order valence-corrected chi connectivity index (χ4v) is 2.07. The van der Waals surface area contributed by atoms with E-state index < -0.39 is 0 Å². The minimum Gasteiger partial charge on any atom is -0.383 e. The standard InChI is InChI=1S/C17H23N5O2/c1-12-11-15(21-17(19-12)18-9-10-24-4)16(23)20-13-5-7-14(8-6-13)22(2)3/h5-8,11H,9-10H2,1-4H3,(H,20,23)(H,18,19,21). The van der Waals surface area contributed by atoms with Gasteiger partial charge in [0.25, 0.3) is 5.91 Å². The van der Waals surface area contributed by atoms with E-state index in [9.17, 15) is 4.79 Å². The summed E-state index contributed by atoms with van der Waals surface area (Å²) >= 11 is 0. The summed E-state index contributed by atoms with van der Waals surface area (Å²) in [6, 6.07) is 9.26. The van der Waals surface area contributed by atoms with Crippen molar-refractivity contribution in [3.63, 3.8) is 0 Å². The van der Waals surface area contributed by atoms with Crippen molar-refractivity contribution in [3.05, 3.63) is 41.7 Å². The maximum Gasteiger partial charge on any atom is 0.274 e. The third-order valence-electron chi connectivity index (χ3n) is 3.32. The monoisotopic (exact) mass is 329 g/mol. The van der Waals surface area contributed by atoms with Gasteiger partial charge in [0.2, 0.25) is 5.95 Å². The smallest absolute Gasteiger partial charge is 0.274 e. The average molecular weight is 329 g/mol. The summed E-state index contributed by atoms with van der Waals surface area (Å²) < 4.78 is 4.98. The van der Waals surface area contributed by atoms with Crippen molar-refractivity contribution in [2.75, 3.05) is 49.9 Å². The minimum absolute atomic E-state index is 0.270. The zero-order valence-corrected chi connectivity index (χ0v) is 14.5. The van der Waals surface area contributed by atoms with Gasteiger partial charge in [-0.25, -0.2) is 9.97 Å². The molecule has 0 aliphatic rings. The Morgan fingerprint density at radius 3 is 2.54 bits per heavy atom. The van der Waals surface area contributed by atoms with Crippen molar-refractivity contribution >= 4 is 23.2 Å². The largest absolute Gasteiger partial charge is 0.383 e. The van der Waals surface area contributed by atoms with Crippen molar-refractivity contribution in [1.29, 1.82) is 0 Å². The molecule has 1 amide bonds. The highest BCUT2D eigenvalue weighted by atomic mass is 16.5. The van der Waals surface area contributed by atoms with Gasteiger partial charge < -0.3 is 20.3 Å². The average Bonchev–Trinajstić information content (AvgIpc) is 2.55. The lowest BCUT2D eigenvalue weighted by atomic mass is 10.2. The Morgan fingerprint density at radius 2 is 1.92 bits per heavy atom. The van der Waals surface area contributed by atoms with Gasteiger partial charge >= 0.3 is 0 Å². The summed E-state index contributed by atoms with van der Waals surface area (Å²) in [4.78, 5) is 22.9. The number of carbonyl (C=O) groups is 1. The highest BCUT2D eigenvalue weighted by molar-refractivity contribution is 6.03. The van der Waals surface area contributed by atoms with Crippen LogP contribution in [0.25, 0.3) is 0 Å². The Hall–Kier alpha value is -2.67. The lowest BCUT2D eigenvalue weighted by Crippen LogP contribution is -2.17. The van der Waals surface area contributed by atoms with Gasteiger partial charge in [-0.05, 0) is 37.3 Å². The molecule has 2 N–H and O–H groups in total. The number of nitrogens with zero attached hydrogens (tertiary/aromatic N) is 3. The van der Waals surface area contributed by atoms with E-state index in [1.165, 1.54) is 0 Å². The van der Waals surface area contributed by atoms with E-state index in [1.54, 1.807) is 13.2 Å². The van der Waals surface area contributed by atoms with Crippen molar-refractivity contribution in [1.82, 2.24) is 9.97 Å². The quantitative estimate of drug-likeness (QED) is 0.758. The zero-order chi connectivity index (χ0) is 17.5. The van der Waals surface area contributed by atoms with Crippen LogP contribution in [0.15, 0.2) is 30.3 Å². The van der Waals surface area contributed by atoms with E-state index in [4.69, 9.17) is 4.74 Å². The van der Waals surface area contributed by atoms with Crippen LogP contribution in [-0.4, -0.2) is 50.2 Å². The van der Waals surface area contributed by atoms with Crippen LogP contribution < -0.4 is 15.5 Å². The number of hydrogen-bond acceptors (Lipinski definition) is 6. The molecular weight excluding hydrogens is 306 g/mol. The molecule has 0 unspecified atom stereocenters. The Kier molecular flexibility index (Phi) is 6.08. The molecule has 1 aromatic carbocycles. The molecule has 24 heavy (non-hydrogen) atoms. The first kappa shape index (κ1) is 17.7. The fourth-order valence-electron chi connectivity index (χ4n) is 2.07. The third-order valence-corrected chi connectivity index (χ3v) is 3.32. The number of hydrogen-bond donors (Lipinski definition) is 2. The Labute approximate surface area is 142 Å². The molecule has 0 aliphatic heterocycles. The Bertz CT molecular complexity index is 686. The van der Waals surface area contributed by atoms with Crippen LogP contribution in [0.1, 0.15) is 16.2 Å². The topological polar surface area (TPSA) is 79.4 Å². The predicted octanol–water partition coefficient (Wildman–Crippen LogP) is 2.16. The zero-order valence-electron chi connectivity index (χ0n) is 14.5. The highest BCUT2D eigenvalue weighted by Gasteiger charge is 2.11. The minimum atomic E-state index is -0.270. The summed E-state index contributed by atoms with van der Waals surface area (Å²) in [5.41, 5.74) is 2.82. The molecule has 1 heterocycles. The number of aryl methyl sites for hydroxylation is 1. The number of carbonyl (C=O) groups excluding carboxylic acids is 1. The summed E-state index contributed by atoms with van der Waals surface area (Å²) in [5, 5.41) is 5.88. The van der Waals surface area contributed by atoms with Gasteiger partial charge in [0.05, 0.1) is 6.61 Å². The van der Waals surface area contributed by atoms with Crippen molar-refractivity contribution in [2.45, 2.75) is 6.92 Å². The summed E-state index contributed by atoms with van der Waals surface area (Å²) in [6.45, 7) is 2.94. The van der Waals surface area contributed by atoms with Crippen LogP contribution in [0.5, 0.6) is 0 Å². The molecular formula is C17H23N5O2. The number of methoxy groups -OCH3 is 1. The maximum absolute atomic E-state index is 12.4. The molecule has 2 rings (SSSR count). The van der Waals surface area contributed by atoms with Gasteiger partial charge in [-0.2, -0.15) is 0 Å². The first-order valence-corrected chi connectivity index (χ1v) is 7.67. The van der Waals surface area contributed by atoms with Crippen LogP contribution >= 0.6 is 0 Å². The number of benzene rings is 1. The Morgan fingerprint density at radius 1 is 1.21 bits per heavy atom. The van der Waals surface area contributed by atoms with Crippen LogP contribution in [0.4, 0.5) is 17.3 Å². The lowest BCUT2D eigenvalue weighted by molar-refractivity contribution is 0.102. The van der Waals surface area contributed by atoms with Crippen molar-refractivity contribution in [3.8, 4) is 0 Å². The van der Waals surface area contributed by atoms with E-state index >= 15 is 0 Å². The summed E-state index contributed by atoms with van der Waals surface area (Å²) in [6.07, 6.45) is 0. The highest BCUT2D eigenvalue weighted by Crippen LogP contribution is 2.16. The number of aromatic nitrogens is 2. The lowest BCUT2D eigenvalue weighted by Gasteiger charge is -2.13. The SMILES string of the molecule is COCCNc1nc(C)cc(C(=O)Nc2ccc(N(C)C)cc2)n1. The number of ether oxygens (including phenoxy) is 1. The molecule has 7 nitrogen and oxygen atoms in total. The summed E-state index contributed by atoms with van der Waals surface area (Å²) in [5.74, 6) is 0.146. The van der Waals surface area contributed by atoms with Gasteiger partial charge in [0, 0.05) is 44.8 Å². The van der Waals surface area contributed by atoms with E-state index in [-0.39, 0.29) is 5.91 Å². The normalized spacial score (nSPS) is 10.3. The predicted molar refractivity (Wildman–Crippen MR) is 95.9 cm³/mol. The van der Waals surface area contributed by atoms with Crippen LogP contribution in [-0.2, 0) is 4.74 Å². The molecule has 0 aliphatic carbocycles. The second-order valence-electron chi connectivity index (χ2n) is 5.53. The molecule has 0 atom stereocenters. The van der Waals surface area contributed by atoms with Gasteiger partial charge in [-0.3, -0.25) is 4.79 Å². The summed E-state index contributed by atoms with van der Waals surface area (Å²) in [7, 11) is 5.56. The van der Waals surface area contributed by atoms with Gasteiger partial charge in [-0.1, -0.05) is 0 Å². The van der Waals surface area contributed by atoms with Gasteiger partial charge in [-0.15, -0.1) is 0 Å². The number of anilines is 3. The van der Waals surface area contributed by atoms with Crippen LogP contribution in [0.2, 0.25) is 0 Å². The number of amides is 1. The van der Waals surface area contributed by atoms with Crippen LogP contribution in [0.3, 0.4) is 0 Å². The molecule has 1 aromatic heterocycles. The fraction of sp³-hybridized carbons (Fsp3) is 0.353. The molecule has 0 bridgehead atoms. The molecule has 0 spiro atoms. The van der Waals surface area contributed by atoms with E-state index in [1.807, 2.05) is 50.2 Å². The second kappa shape index (κ2) is 8.26. The third kappa shape index (κ3) is 4.92. The van der Waals surface area contributed by atoms with Crippen molar-refractivity contribution in [2.24, 2.45) is 0 Å². The van der Waals surface area contributed by atoms with Crippen molar-refractivity contribution < 1.29 is 9.53 Å². The molecule has 0 saturated heterocycles. The van der Waals surface area contributed by atoms with E-state index in [0.717, 1.165) is 17.1 Å². The molecule has 7 heteroatoms. The van der Waals surface area contributed by atoms with Crippen LogP contribution in [0, 0.1) is 6.92 Å². The second-order valence-corrected chi connectivity index (χ2v) is 5.53. The first-order chi connectivity index (χ1) is 11.5. The van der Waals surface area contributed by atoms with E-state index in [0.29, 0.717) is 24.8 Å². The molecule has 128 valence electrons. The van der Waals surface area contributed by atoms with Gasteiger partial charge in [0.15, 0.2) is 0 Å². The molecule has 2 aromatic rings. The molecule has 0 saturated carbocycles. The number of nitrogens with one attached hydrogen (secondary N) is 2. The number of rotatable bonds is 7. The Balaban J connectivity index is 2.08. The molecule has 0 radical (unpaired) electrons.